The van der Waals surface area contributed by atoms with E-state index in [4.69, 9.17) is 0 Å². The van der Waals surface area contributed by atoms with Crippen molar-refractivity contribution in [3.8, 4) is 6.07 Å². The number of nitriles is 1. The summed E-state index contributed by atoms with van der Waals surface area (Å²) in [5, 5.41) is 9.30. The number of carbonyl (C=O) groups is 1. The lowest BCUT2D eigenvalue weighted by Crippen LogP contribution is -2.42. The van der Waals surface area contributed by atoms with Gasteiger partial charge in [-0.25, -0.2) is 8.42 Å². The number of hydrogen-bond acceptors (Lipinski definition) is 4. The molecule has 28 heavy (non-hydrogen) atoms. The van der Waals surface area contributed by atoms with Crippen molar-refractivity contribution < 1.29 is 13.2 Å². The van der Waals surface area contributed by atoms with E-state index in [9.17, 15) is 18.5 Å². The number of amides is 1. The van der Waals surface area contributed by atoms with E-state index >= 15 is 0 Å². The Morgan fingerprint density at radius 1 is 1.18 bits per heavy atom. The first kappa shape index (κ1) is 19.9. The highest BCUT2D eigenvalue weighted by Gasteiger charge is 2.27. The summed E-state index contributed by atoms with van der Waals surface area (Å²) >= 11 is 0. The van der Waals surface area contributed by atoms with E-state index in [2.05, 4.69) is 10.8 Å². The summed E-state index contributed by atoms with van der Waals surface area (Å²) in [6.45, 7) is 4.11. The van der Waals surface area contributed by atoms with Gasteiger partial charge in [-0.05, 0) is 68.5 Å². The standard InChI is InChI=1S/C21H23N3O3S/c1-15-9-10-16(2)20(12-15)28(26,27)23-18-7-5-6-17(13-18)21(25)24-11-4-3-8-19(24)14-22/h5-7,9-10,12-13,19,23H,3-4,8,11H2,1-2H3. The minimum atomic E-state index is -3.78. The van der Waals surface area contributed by atoms with Gasteiger partial charge < -0.3 is 4.90 Å². The monoisotopic (exact) mass is 397 g/mol. The fourth-order valence-electron chi connectivity index (χ4n) is 3.40. The van der Waals surface area contributed by atoms with Gasteiger partial charge in [0.25, 0.3) is 15.9 Å². The SMILES string of the molecule is Cc1ccc(C)c(S(=O)(=O)Nc2cccc(C(=O)N3CCCCC3C#N)c2)c1. The highest BCUT2D eigenvalue weighted by atomic mass is 32.2. The van der Waals surface area contributed by atoms with Gasteiger partial charge >= 0.3 is 0 Å². The lowest BCUT2D eigenvalue weighted by atomic mass is 10.0. The molecule has 1 fully saturated rings. The maximum atomic E-state index is 12.9. The van der Waals surface area contributed by atoms with E-state index in [1.807, 2.05) is 13.0 Å². The van der Waals surface area contributed by atoms with E-state index in [1.165, 1.54) is 6.07 Å². The normalized spacial score (nSPS) is 17.0. The van der Waals surface area contributed by atoms with Crippen molar-refractivity contribution in [2.24, 2.45) is 0 Å². The van der Waals surface area contributed by atoms with Crippen molar-refractivity contribution in [1.29, 1.82) is 5.26 Å². The van der Waals surface area contributed by atoms with Crippen LogP contribution in [0.4, 0.5) is 5.69 Å². The third-order valence-electron chi connectivity index (χ3n) is 4.91. The van der Waals surface area contributed by atoms with Gasteiger partial charge in [-0.2, -0.15) is 5.26 Å². The molecule has 1 N–H and O–H groups in total. The molecule has 1 unspecified atom stereocenters. The van der Waals surface area contributed by atoms with Crippen LogP contribution in [0.5, 0.6) is 0 Å². The van der Waals surface area contributed by atoms with Gasteiger partial charge in [-0.1, -0.05) is 18.2 Å². The molecule has 3 rings (SSSR count). The lowest BCUT2D eigenvalue weighted by molar-refractivity contribution is 0.0670. The zero-order valence-corrected chi connectivity index (χ0v) is 16.8. The van der Waals surface area contributed by atoms with Crippen molar-refractivity contribution in [3.05, 3.63) is 59.2 Å². The quantitative estimate of drug-likeness (QED) is 0.853. The van der Waals surface area contributed by atoms with Crippen LogP contribution in [0.1, 0.15) is 40.7 Å². The number of carbonyl (C=O) groups excluding carboxylic acids is 1. The molecule has 2 aromatic rings. The lowest BCUT2D eigenvalue weighted by Gasteiger charge is -2.31. The predicted molar refractivity (Wildman–Crippen MR) is 107 cm³/mol. The summed E-state index contributed by atoms with van der Waals surface area (Å²) in [5.74, 6) is -0.251. The molecule has 146 valence electrons. The Hall–Kier alpha value is -2.85. The van der Waals surface area contributed by atoms with Crippen molar-refractivity contribution in [2.75, 3.05) is 11.3 Å². The first-order valence-electron chi connectivity index (χ1n) is 9.22. The van der Waals surface area contributed by atoms with Crippen LogP contribution in [0.2, 0.25) is 0 Å². The number of aryl methyl sites for hydroxylation is 2. The third-order valence-corrected chi connectivity index (χ3v) is 6.43. The number of anilines is 1. The molecule has 1 saturated heterocycles. The average molecular weight is 398 g/mol. The van der Waals surface area contributed by atoms with Crippen molar-refractivity contribution in [1.82, 2.24) is 4.90 Å². The van der Waals surface area contributed by atoms with E-state index in [0.717, 1.165) is 18.4 Å². The van der Waals surface area contributed by atoms with Crippen molar-refractivity contribution in [3.63, 3.8) is 0 Å². The van der Waals surface area contributed by atoms with Crippen molar-refractivity contribution in [2.45, 2.75) is 44.0 Å². The second-order valence-corrected chi connectivity index (χ2v) is 8.75. The Kier molecular flexibility index (Phi) is 5.71. The number of rotatable bonds is 4. The van der Waals surface area contributed by atoms with Gasteiger partial charge in [0.1, 0.15) is 6.04 Å². The van der Waals surface area contributed by atoms with Gasteiger partial charge in [0.15, 0.2) is 0 Å². The largest absolute Gasteiger partial charge is 0.323 e. The Morgan fingerprint density at radius 2 is 1.96 bits per heavy atom. The highest BCUT2D eigenvalue weighted by molar-refractivity contribution is 7.92. The Bertz CT molecular complexity index is 1040. The van der Waals surface area contributed by atoms with Crippen molar-refractivity contribution >= 4 is 21.6 Å². The van der Waals surface area contributed by atoms with Crippen LogP contribution >= 0.6 is 0 Å². The van der Waals surface area contributed by atoms with E-state index in [1.54, 1.807) is 42.2 Å². The average Bonchev–Trinajstić information content (AvgIpc) is 2.69. The summed E-state index contributed by atoms with van der Waals surface area (Å²) in [5.41, 5.74) is 2.18. The molecule has 0 radical (unpaired) electrons. The Balaban J connectivity index is 1.86. The fraction of sp³-hybridized carbons (Fsp3) is 0.333. The number of piperidine rings is 1. The number of hydrogen-bond donors (Lipinski definition) is 1. The van der Waals surface area contributed by atoms with Crippen LogP contribution in [0, 0.1) is 25.2 Å². The van der Waals surface area contributed by atoms with Gasteiger partial charge in [0, 0.05) is 17.8 Å². The maximum absolute atomic E-state index is 12.9. The molecule has 0 aliphatic carbocycles. The second-order valence-electron chi connectivity index (χ2n) is 7.09. The summed E-state index contributed by atoms with van der Waals surface area (Å²) in [6.07, 6.45) is 2.46. The van der Waals surface area contributed by atoms with Crippen LogP contribution in [0.3, 0.4) is 0 Å². The molecular weight excluding hydrogens is 374 g/mol. The fourth-order valence-corrected chi connectivity index (χ4v) is 4.78. The molecule has 0 saturated carbocycles. The maximum Gasteiger partial charge on any atom is 0.262 e. The second kappa shape index (κ2) is 8.03. The number of benzene rings is 2. The summed E-state index contributed by atoms with van der Waals surface area (Å²) < 4.78 is 28.2. The van der Waals surface area contributed by atoms with Gasteiger partial charge in [-0.3, -0.25) is 9.52 Å². The predicted octanol–water partition coefficient (Wildman–Crippen LogP) is 3.62. The number of nitrogens with zero attached hydrogens (tertiary/aromatic N) is 2. The molecule has 0 aromatic heterocycles. The minimum absolute atomic E-state index is 0.213. The zero-order chi connectivity index (χ0) is 20.3. The van der Waals surface area contributed by atoms with Crippen LogP contribution in [-0.4, -0.2) is 31.8 Å². The molecule has 6 nitrogen and oxygen atoms in total. The highest BCUT2D eigenvalue weighted by Crippen LogP contribution is 2.23. The summed E-state index contributed by atoms with van der Waals surface area (Å²) in [7, 11) is -3.78. The van der Waals surface area contributed by atoms with E-state index in [0.29, 0.717) is 29.8 Å². The van der Waals surface area contributed by atoms with E-state index < -0.39 is 16.1 Å². The number of likely N-dealkylation sites (tertiary alicyclic amines) is 1. The molecule has 7 heteroatoms. The molecule has 1 heterocycles. The topological polar surface area (TPSA) is 90.3 Å². The third kappa shape index (κ3) is 4.18. The molecular formula is C21H23N3O3S. The van der Waals surface area contributed by atoms with Gasteiger partial charge in [0.05, 0.1) is 11.0 Å². The molecule has 0 spiro atoms. The zero-order valence-electron chi connectivity index (χ0n) is 16.0. The first-order chi connectivity index (χ1) is 13.3. The Labute approximate surface area is 165 Å². The van der Waals surface area contributed by atoms with Gasteiger partial charge in [0.2, 0.25) is 0 Å². The van der Waals surface area contributed by atoms with Crippen LogP contribution in [0.15, 0.2) is 47.4 Å². The van der Waals surface area contributed by atoms with Gasteiger partial charge in [-0.15, -0.1) is 0 Å². The Morgan fingerprint density at radius 3 is 2.71 bits per heavy atom. The van der Waals surface area contributed by atoms with Crippen LogP contribution in [-0.2, 0) is 10.0 Å². The first-order valence-corrected chi connectivity index (χ1v) is 10.7. The van der Waals surface area contributed by atoms with Crippen LogP contribution < -0.4 is 4.72 Å². The molecule has 0 bridgehead atoms. The smallest absolute Gasteiger partial charge is 0.262 e. The summed E-state index contributed by atoms with van der Waals surface area (Å²) in [4.78, 5) is 14.6. The molecule has 2 aromatic carbocycles. The van der Waals surface area contributed by atoms with E-state index in [-0.39, 0.29) is 10.8 Å². The molecule has 1 aliphatic heterocycles. The molecule has 1 atom stereocenters. The molecule has 1 aliphatic rings. The molecule has 1 amide bonds. The van der Waals surface area contributed by atoms with Crippen LogP contribution in [0.25, 0.3) is 0 Å². The summed E-state index contributed by atoms with van der Waals surface area (Å²) in [6, 6.07) is 13.4. The number of nitrogens with one attached hydrogen (secondary N) is 1. The number of sulfonamides is 1. The minimum Gasteiger partial charge on any atom is -0.323 e.